The maximum Gasteiger partial charge on any atom is -0.00849 e. The van der Waals surface area contributed by atoms with E-state index in [1.807, 2.05) is 5.57 Å². The summed E-state index contributed by atoms with van der Waals surface area (Å²) in [7, 11) is 0. The van der Waals surface area contributed by atoms with E-state index in [9.17, 15) is 0 Å². The van der Waals surface area contributed by atoms with Gasteiger partial charge >= 0.3 is 0 Å². The molecule has 3 saturated carbocycles. The summed E-state index contributed by atoms with van der Waals surface area (Å²) < 4.78 is 0. The Morgan fingerprint density at radius 1 is 0.909 bits per heavy atom. The van der Waals surface area contributed by atoms with Gasteiger partial charge in [-0.25, -0.2) is 0 Å². The van der Waals surface area contributed by atoms with E-state index >= 15 is 0 Å². The maximum absolute atomic E-state index is 2.76. The summed E-state index contributed by atoms with van der Waals surface area (Å²) in [5.74, 6) is 5.67. The van der Waals surface area contributed by atoms with Crippen LogP contribution in [-0.4, -0.2) is 0 Å². The zero-order valence-electron chi connectivity index (χ0n) is 15.5. The molecule has 8 atom stereocenters. The molecule has 0 saturated heterocycles. The van der Waals surface area contributed by atoms with Gasteiger partial charge in [-0.3, -0.25) is 0 Å². The van der Waals surface area contributed by atoms with Crippen LogP contribution in [0.25, 0.3) is 0 Å². The fourth-order valence-electron chi connectivity index (χ4n) is 7.46. The molecule has 0 radical (unpaired) electrons. The lowest BCUT2D eigenvalue weighted by Crippen LogP contribution is -2.52. The van der Waals surface area contributed by atoms with Gasteiger partial charge < -0.3 is 0 Å². The number of rotatable bonds is 0. The molecule has 22 heavy (non-hydrogen) atoms. The second-order valence-corrected chi connectivity index (χ2v) is 10.1. The maximum atomic E-state index is 2.76. The van der Waals surface area contributed by atoms with Crippen molar-refractivity contribution in [3.05, 3.63) is 11.6 Å². The van der Waals surface area contributed by atoms with Gasteiger partial charge in [-0.15, -0.1) is 0 Å². The Bertz CT molecular complexity index is 488. The van der Waals surface area contributed by atoms with Crippen LogP contribution in [0.5, 0.6) is 0 Å². The molecule has 1 unspecified atom stereocenters. The van der Waals surface area contributed by atoms with Crippen LogP contribution < -0.4 is 0 Å². The molecule has 0 aromatic rings. The van der Waals surface area contributed by atoms with Gasteiger partial charge in [0.25, 0.3) is 0 Å². The minimum absolute atomic E-state index is 0.552. The van der Waals surface area contributed by atoms with E-state index in [2.05, 4.69) is 40.7 Å². The summed E-state index contributed by atoms with van der Waals surface area (Å²) in [6.07, 6.45) is 13.1. The average Bonchev–Trinajstić information content (AvgIpc) is 2.77. The summed E-state index contributed by atoms with van der Waals surface area (Å²) in [5, 5.41) is 0. The molecule has 0 bridgehead atoms. The monoisotopic (exact) mass is 300 g/mol. The molecule has 0 heteroatoms. The minimum atomic E-state index is 0.552. The van der Waals surface area contributed by atoms with Crippen molar-refractivity contribution in [1.29, 1.82) is 0 Å². The lowest BCUT2D eigenvalue weighted by Gasteiger charge is -2.59. The summed E-state index contributed by atoms with van der Waals surface area (Å²) in [5.41, 5.74) is 3.06. The summed E-state index contributed by atoms with van der Waals surface area (Å²) >= 11 is 0. The van der Waals surface area contributed by atoms with Crippen LogP contribution in [0.1, 0.15) is 79.6 Å². The van der Waals surface area contributed by atoms with Gasteiger partial charge in [-0.1, -0.05) is 46.3 Å². The molecular weight excluding hydrogens is 264 g/mol. The largest absolute Gasteiger partial charge is 0.0816 e. The van der Waals surface area contributed by atoms with Crippen molar-refractivity contribution in [3.8, 4) is 0 Å². The second-order valence-electron chi connectivity index (χ2n) is 10.1. The number of hydrogen-bond acceptors (Lipinski definition) is 0. The predicted octanol–water partition coefficient (Wildman–Crippen LogP) is 6.47. The van der Waals surface area contributed by atoms with Crippen molar-refractivity contribution >= 4 is 0 Å². The molecule has 124 valence electrons. The Morgan fingerprint density at radius 2 is 1.68 bits per heavy atom. The summed E-state index contributed by atoms with van der Waals surface area (Å²) in [4.78, 5) is 0. The molecule has 0 nitrogen and oxygen atoms in total. The van der Waals surface area contributed by atoms with Gasteiger partial charge in [0.2, 0.25) is 0 Å². The zero-order valence-corrected chi connectivity index (χ0v) is 15.5. The molecular formula is C22H36. The normalized spacial score (nSPS) is 57.6. The number of hydrogen-bond donors (Lipinski definition) is 0. The third-order valence-corrected chi connectivity index (χ3v) is 9.15. The van der Waals surface area contributed by atoms with Crippen molar-refractivity contribution in [2.24, 2.45) is 46.3 Å². The Labute approximate surface area is 138 Å². The predicted molar refractivity (Wildman–Crippen MR) is 94.6 cm³/mol. The fourth-order valence-corrected chi connectivity index (χ4v) is 7.46. The van der Waals surface area contributed by atoms with Crippen LogP contribution in [-0.2, 0) is 0 Å². The van der Waals surface area contributed by atoms with Crippen molar-refractivity contribution in [1.82, 2.24) is 0 Å². The van der Waals surface area contributed by atoms with E-state index in [1.165, 1.54) is 44.9 Å². The van der Waals surface area contributed by atoms with Crippen molar-refractivity contribution in [2.45, 2.75) is 79.6 Å². The first-order valence-electron chi connectivity index (χ1n) is 10.1. The summed E-state index contributed by atoms with van der Waals surface area (Å²) in [6.45, 7) is 12.9. The highest BCUT2D eigenvalue weighted by Gasteiger charge is 2.58. The minimum Gasteiger partial charge on any atom is -0.0816 e. The van der Waals surface area contributed by atoms with E-state index in [4.69, 9.17) is 0 Å². The first-order valence-corrected chi connectivity index (χ1v) is 10.1. The fraction of sp³-hybridized carbons (Fsp3) is 0.909. The van der Waals surface area contributed by atoms with Gasteiger partial charge in [0.1, 0.15) is 0 Å². The number of allylic oxidation sites excluding steroid dienone is 2. The van der Waals surface area contributed by atoms with Gasteiger partial charge in [0, 0.05) is 0 Å². The van der Waals surface area contributed by atoms with E-state index in [1.54, 1.807) is 0 Å². The Balaban J connectivity index is 1.73. The first kappa shape index (κ1) is 15.3. The van der Waals surface area contributed by atoms with E-state index in [-0.39, 0.29) is 0 Å². The van der Waals surface area contributed by atoms with E-state index < -0.39 is 0 Å². The molecule has 0 heterocycles. The lowest BCUT2D eigenvalue weighted by molar-refractivity contribution is -0.0592. The molecule has 0 aliphatic heterocycles. The van der Waals surface area contributed by atoms with Crippen LogP contribution in [0, 0.1) is 46.3 Å². The van der Waals surface area contributed by atoms with Gasteiger partial charge in [0.15, 0.2) is 0 Å². The van der Waals surface area contributed by atoms with Crippen molar-refractivity contribution in [2.75, 3.05) is 0 Å². The lowest BCUT2D eigenvalue weighted by atomic mass is 9.45. The first-order chi connectivity index (χ1) is 10.4. The highest BCUT2D eigenvalue weighted by molar-refractivity contribution is 5.26. The van der Waals surface area contributed by atoms with Crippen LogP contribution in [0.3, 0.4) is 0 Å². The number of fused-ring (bicyclic) bond motifs is 5. The third-order valence-electron chi connectivity index (χ3n) is 9.15. The molecule has 0 aromatic heterocycles. The molecule has 4 aliphatic carbocycles. The molecule has 0 spiro atoms. The standard InChI is InChI=1S/C22H36/c1-14-8-10-22(5)17(12-14)13-15(2)20-18-7-6-16(3)21(18,4)11-9-19(20)22/h13-16,18-20H,6-12H2,1-5H3/t14-,15?,16-,18-,19-,20-,21+,22-/m0/s1. The molecule has 0 aromatic carbocycles. The SMILES string of the molecule is CC1C=C2C[C@@H](C)CC[C@]2(C)[C@H]2CC[C@]3(C)[C@@H](C)CC[C@H]3[C@H]12. The van der Waals surface area contributed by atoms with Crippen molar-refractivity contribution < 1.29 is 0 Å². The van der Waals surface area contributed by atoms with E-state index in [0.29, 0.717) is 10.8 Å². The van der Waals surface area contributed by atoms with Gasteiger partial charge in [-0.2, -0.15) is 0 Å². The third kappa shape index (κ3) is 1.88. The Kier molecular flexibility index (Phi) is 3.38. The molecule has 4 rings (SSSR count). The van der Waals surface area contributed by atoms with Crippen LogP contribution in [0.2, 0.25) is 0 Å². The average molecular weight is 301 g/mol. The van der Waals surface area contributed by atoms with Crippen molar-refractivity contribution in [3.63, 3.8) is 0 Å². The van der Waals surface area contributed by atoms with Crippen LogP contribution in [0.4, 0.5) is 0 Å². The topological polar surface area (TPSA) is 0 Å². The molecule has 0 amide bonds. The highest BCUT2D eigenvalue weighted by atomic mass is 14.6. The molecule has 4 aliphatic rings. The Morgan fingerprint density at radius 3 is 2.45 bits per heavy atom. The Hall–Kier alpha value is -0.260. The second kappa shape index (κ2) is 4.87. The van der Waals surface area contributed by atoms with Gasteiger partial charge in [-0.05, 0) is 91.3 Å². The quantitative estimate of drug-likeness (QED) is 0.450. The summed E-state index contributed by atoms with van der Waals surface area (Å²) in [6, 6.07) is 0. The van der Waals surface area contributed by atoms with Crippen LogP contribution >= 0.6 is 0 Å². The van der Waals surface area contributed by atoms with Gasteiger partial charge in [0.05, 0.1) is 0 Å². The molecule has 0 N–H and O–H groups in total. The zero-order chi connectivity index (χ0) is 15.7. The molecule has 3 fully saturated rings. The highest BCUT2D eigenvalue weighted by Crippen LogP contribution is 2.67. The van der Waals surface area contributed by atoms with E-state index in [0.717, 1.165) is 35.5 Å². The van der Waals surface area contributed by atoms with Crippen LogP contribution in [0.15, 0.2) is 11.6 Å². The smallest absolute Gasteiger partial charge is 0.00849 e.